The lowest BCUT2D eigenvalue weighted by Gasteiger charge is -2.19. The molecule has 190 valence electrons. The average molecular weight is 534 g/mol. The van der Waals surface area contributed by atoms with Gasteiger partial charge in [-0.2, -0.15) is 0 Å². The van der Waals surface area contributed by atoms with Gasteiger partial charge in [-0.05, 0) is 38.1 Å². The average Bonchev–Trinajstić information content (AvgIpc) is 3.48. The van der Waals surface area contributed by atoms with Crippen LogP contribution in [0.15, 0.2) is 47.1 Å². The normalized spacial score (nSPS) is 13.4. The molecule has 0 aliphatic carbocycles. The molecule has 0 unspecified atom stereocenters. The Labute approximate surface area is 212 Å². The molecule has 0 saturated heterocycles. The molecular weight excluding hydrogens is 510 g/mol. The van der Waals surface area contributed by atoms with Crippen LogP contribution in [-0.2, 0) is 15.6 Å². The minimum atomic E-state index is -4.00. The molecule has 3 heterocycles. The van der Waals surface area contributed by atoms with E-state index >= 15 is 0 Å². The molecule has 36 heavy (non-hydrogen) atoms. The predicted octanol–water partition coefficient (Wildman–Crippen LogP) is 3.33. The van der Waals surface area contributed by atoms with Gasteiger partial charge in [-0.1, -0.05) is 17.7 Å². The van der Waals surface area contributed by atoms with E-state index in [1.54, 1.807) is 37.3 Å². The molecule has 0 amide bonds. The summed E-state index contributed by atoms with van der Waals surface area (Å²) in [4.78, 5) is 7.88. The topological polar surface area (TPSA) is 142 Å². The predicted molar refractivity (Wildman–Crippen MR) is 131 cm³/mol. The first-order chi connectivity index (χ1) is 17.2. The van der Waals surface area contributed by atoms with Gasteiger partial charge in [0, 0.05) is 12.4 Å². The summed E-state index contributed by atoms with van der Waals surface area (Å²) >= 11 is 5.80. The zero-order chi connectivity index (χ0) is 26.0. The van der Waals surface area contributed by atoms with Crippen LogP contribution in [-0.4, -0.2) is 57.7 Å². The van der Waals surface area contributed by atoms with Gasteiger partial charge in [0.15, 0.2) is 27.2 Å². The van der Waals surface area contributed by atoms with Gasteiger partial charge in [0.05, 0.1) is 24.5 Å². The standard InChI is InChI=1S/C23H24ClN5O6S/c1-13-8-9-18(35-13)23-28-27-19(29(23)20-16(33-3)6-5-7-17(20)34-4)12-36(31,32)14(2)21(30)22-25-10-15(24)11-26-22/h5-11,14,21,30H,12H2,1-4H3/t14-,21-/m0/s1. The van der Waals surface area contributed by atoms with Gasteiger partial charge < -0.3 is 19.0 Å². The van der Waals surface area contributed by atoms with E-state index in [1.165, 1.54) is 38.1 Å². The molecule has 0 saturated carbocycles. The van der Waals surface area contributed by atoms with E-state index in [9.17, 15) is 13.5 Å². The quantitative estimate of drug-likeness (QED) is 0.340. The van der Waals surface area contributed by atoms with Crippen molar-refractivity contribution in [2.75, 3.05) is 14.2 Å². The fourth-order valence-electron chi connectivity index (χ4n) is 3.60. The summed E-state index contributed by atoms with van der Waals surface area (Å²) in [6.07, 6.45) is 1.08. The number of hydrogen-bond acceptors (Lipinski definition) is 10. The van der Waals surface area contributed by atoms with E-state index in [-0.39, 0.29) is 22.5 Å². The van der Waals surface area contributed by atoms with Crippen LogP contribution in [0.5, 0.6) is 11.5 Å². The van der Waals surface area contributed by atoms with Gasteiger partial charge in [-0.25, -0.2) is 18.4 Å². The highest BCUT2D eigenvalue weighted by molar-refractivity contribution is 7.91. The first-order valence-corrected chi connectivity index (χ1v) is 12.8. The van der Waals surface area contributed by atoms with Crippen molar-refractivity contribution in [1.82, 2.24) is 24.7 Å². The van der Waals surface area contributed by atoms with Crippen LogP contribution in [0, 0.1) is 6.92 Å². The summed E-state index contributed by atoms with van der Waals surface area (Å²) in [5.41, 5.74) is 0.399. The highest BCUT2D eigenvalue weighted by Crippen LogP contribution is 2.37. The van der Waals surface area contributed by atoms with Crippen LogP contribution in [0.4, 0.5) is 0 Å². The summed E-state index contributed by atoms with van der Waals surface area (Å²) in [5, 5.41) is 18.1. The van der Waals surface area contributed by atoms with E-state index in [4.69, 9.17) is 25.5 Å². The van der Waals surface area contributed by atoms with E-state index in [0.29, 0.717) is 28.7 Å². The third-order valence-corrected chi connectivity index (χ3v) is 7.81. The minimum Gasteiger partial charge on any atom is -0.494 e. The van der Waals surface area contributed by atoms with Crippen molar-refractivity contribution in [2.24, 2.45) is 0 Å². The molecule has 1 N–H and O–H groups in total. The summed E-state index contributed by atoms with van der Waals surface area (Å²) in [5.74, 6) is 1.52. The lowest BCUT2D eigenvalue weighted by atomic mass is 10.2. The lowest BCUT2D eigenvalue weighted by molar-refractivity contribution is 0.166. The summed E-state index contributed by atoms with van der Waals surface area (Å²) in [6.45, 7) is 3.15. The monoisotopic (exact) mass is 533 g/mol. The van der Waals surface area contributed by atoms with Crippen LogP contribution >= 0.6 is 11.6 Å². The minimum absolute atomic E-state index is 0.0601. The first kappa shape index (κ1) is 25.6. The van der Waals surface area contributed by atoms with E-state index in [2.05, 4.69) is 20.2 Å². The van der Waals surface area contributed by atoms with Gasteiger partial charge in [0.2, 0.25) is 5.82 Å². The van der Waals surface area contributed by atoms with Crippen molar-refractivity contribution >= 4 is 21.4 Å². The number of sulfone groups is 1. The number of halogens is 1. The van der Waals surface area contributed by atoms with Crippen LogP contribution in [0.1, 0.15) is 30.4 Å². The van der Waals surface area contributed by atoms with Gasteiger partial charge in [-0.15, -0.1) is 10.2 Å². The van der Waals surface area contributed by atoms with Crippen LogP contribution in [0.25, 0.3) is 17.3 Å². The Hall–Kier alpha value is -3.48. The Morgan fingerprint density at radius 2 is 1.72 bits per heavy atom. The number of para-hydroxylation sites is 1. The largest absolute Gasteiger partial charge is 0.494 e. The van der Waals surface area contributed by atoms with Gasteiger partial charge >= 0.3 is 0 Å². The Morgan fingerprint density at radius 1 is 1.08 bits per heavy atom. The number of methoxy groups -OCH3 is 2. The number of ether oxygens (including phenoxy) is 2. The molecule has 4 rings (SSSR count). The highest BCUT2D eigenvalue weighted by Gasteiger charge is 2.34. The molecule has 0 aliphatic heterocycles. The van der Waals surface area contributed by atoms with Crippen molar-refractivity contribution in [2.45, 2.75) is 31.0 Å². The molecule has 1 aromatic carbocycles. The number of rotatable bonds is 9. The van der Waals surface area contributed by atoms with Crippen LogP contribution < -0.4 is 9.47 Å². The lowest BCUT2D eigenvalue weighted by Crippen LogP contribution is -2.29. The third kappa shape index (κ3) is 4.92. The van der Waals surface area contributed by atoms with Crippen molar-refractivity contribution < 1.29 is 27.4 Å². The Morgan fingerprint density at radius 3 is 2.28 bits per heavy atom. The second-order valence-electron chi connectivity index (χ2n) is 7.91. The molecule has 0 fully saturated rings. The summed E-state index contributed by atoms with van der Waals surface area (Å²) < 4.78 is 45.2. The molecule has 4 aromatic rings. The Kier molecular flexibility index (Phi) is 7.29. The molecular formula is C23H24ClN5O6S. The van der Waals surface area contributed by atoms with Crippen molar-refractivity contribution in [3.63, 3.8) is 0 Å². The number of nitrogens with zero attached hydrogens (tertiary/aromatic N) is 5. The summed E-state index contributed by atoms with van der Waals surface area (Å²) in [7, 11) is -1.03. The maximum Gasteiger partial charge on any atom is 0.204 e. The summed E-state index contributed by atoms with van der Waals surface area (Å²) in [6, 6.07) is 8.62. The number of benzene rings is 1. The second kappa shape index (κ2) is 10.2. The number of aliphatic hydroxyl groups is 1. The molecule has 3 aromatic heterocycles. The van der Waals surface area contributed by atoms with Gasteiger partial charge in [0.25, 0.3) is 0 Å². The third-order valence-electron chi connectivity index (χ3n) is 5.56. The molecule has 0 bridgehead atoms. The zero-order valence-corrected chi connectivity index (χ0v) is 21.5. The molecule has 2 atom stereocenters. The fourth-order valence-corrected chi connectivity index (χ4v) is 5.03. The molecule has 13 heteroatoms. The second-order valence-corrected chi connectivity index (χ2v) is 10.7. The molecule has 0 radical (unpaired) electrons. The smallest absolute Gasteiger partial charge is 0.204 e. The van der Waals surface area contributed by atoms with E-state index in [1.807, 2.05) is 0 Å². The molecule has 11 nitrogen and oxygen atoms in total. The van der Waals surface area contributed by atoms with E-state index in [0.717, 1.165) is 0 Å². The van der Waals surface area contributed by atoms with Crippen LogP contribution in [0.3, 0.4) is 0 Å². The number of furan rings is 1. The fraction of sp³-hybridized carbons (Fsp3) is 0.304. The van der Waals surface area contributed by atoms with Crippen molar-refractivity contribution in [3.05, 3.63) is 65.2 Å². The SMILES string of the molecule is COc1cccc(OC)c1-n1c(CS(=O)(=O)[C@@H](C)[C@H](O)c2ncc(Cl)cn2)nnc1-c1ccc(C)o1. The molecule has 0 aliphatic rings. The zero-order valence-electron chi connectivity index (χ0n) is 19.9. The van der Waals surface area contributed by atoms with Crippen molar-refractivity contribution in [1.29, 1.82) is 0 Å². The number of aryl methyl sites for hydroxylation is 1. The Balaban J connectivity index is 1.81. The Bertz CT molecular complexity index is 1450. The first-order valence-electron chi connectivity index (χ1n) is 10.8. The van der Waals surface area contributed by atoms with Gasteiger partial charge in [-0.3, -0.25) is 4.57 Å². The maximum absolute atomic E-state index is 13.4. The van der Waals surface area contributed by atoms with E-state index < -0.39 is 26.9 Å². The maximum atomic E-state index is 13.4. The van der Waals surface area contributed by atoms with Gasteiger partial charge in [0.1, 0.15) is 34.8 Å². The molecule has 0 spiro atoms. The highest BCUT2D eigenvalue weighted by atomic mass is 35.5. The number of aliphatic hydroxyl groups excluding tert-OH is 1. The van der Waals surface area contributed by atoms with Crippen LogP contribution in [0.2, 0.25) is 5.02 Å². The number of aromatic nitrogens is 5. The van der Waals surface area contributed by atoms with Crippen molar-refractivity contribution in [3.8, 4) is 28.8 Å². The number of hydrogen-bond donors (Lipinski definition) is 1.